The lowest BCUT2D eigenvalue weighted by Gasteiger charge is -2.16. The highest BCUT2D eigenvalue weighted by Crippen LogP contribution is 2.25. The highest BCUT2D eigenvalue weighted by atomic mass is 35.5. The van der Waals surface area contributed by atoms with E-state index in [0.29, 0.717) is 6.54 Å². The molecule has 0 saturated carbocycles. The second-order valence-corrected chi connectivity index (χ2v) is 2.85. The summed E-state index contributed by atoms with van der Waals surface area (Å²) >= 11 is 0. The molecule has 0 atom stereocenters. The molecule has 0 spiro atoms. The number of hydrogen-bond acceptors (Lipinski definition) is 4. The first kappa shape index (κ1) is 10.1. The average Bonchev–Trinajstić information content (AvgIpc) is 2.04. The van der Waals surface area contributed by atoms with Crippen LogP contribution in [0.2, 0.25) is 0 Å². The Morgan fingerprint density at radius 2 is 2.15 bits per heavy atom. The Bertz CT molecular complexity index is 317. The molecule has 2 rings (SSSR count). The molecule has 3 N–H and O–H groups in total. The molecule has 1 aromatic heterocycles. The number of aromatic nitrogens is 1. The summed E-state index contributed by atoms with van der Waals surface area (Å²) in [5, 5.41) is 21.6. The van der Waals surface area contributed by atoms with E-state index in [9.17, 15) is 5.11 Å². The minimum atomic E-state index is -0.116. The molecule has 1 aromatic rings. The number of aromatic hydroxyl groups is 2. The SMILES string of the molecule is Cl.Oc1cc(O)c2c(n1)CNCC2. The van der Waals surface area contributed by atoms with Gasteiger partial charge in [-0.15, -0.1) is 12.4 Å². The van der Waals surface area contributed by atoms with Crippen molar-refractivity contribution in [3.05, 3.63) is 17.3 Å². The summed E-state index contributed by atoms with van der Waals surface area (Å²) in [7, 11) is 0. The number of fused-ring (bicyclic) bond motifs is 1. The van der Waals surface area contributed by atoms with Crippen LogP contribution in [0.3, 0.4) is 0 Å². The van der Waals surface area contributed by atoms with Crippen LogP contribution in [0.25, 0.3) is 0 Å². The first-order valence-corrected chi connectivity index (χ1v) is 3.89. The number of halogens is 1. The molecule has 1 aliphatic rings. The summed E-state index contributed by atoms with van der Waals surface area (Å²) in [5.74, 6) is 0.0361. The quantitative estimate of drug-likeness (QED) is 0.575. The molecule has 4 nitrogen and oxygen atoms in total. The molecule has 0 fully saturated rings. The average molecular weight is 203 g/mol. The van der Waals surface area contributed by atoms with Gasteiger partial charge in [0.05, 0.1) is 5.69 Å². The van der Waals surface area contributed by atoms with Crippen molar-refractivity contribution in [1.29, 1.82) is 0 Å². The van der Waals surface area contributed by atoms with Gasteiger partial charge in [-0.05, 0) is 13.0 Å². The van der Waals surface area contributed by atoms with Gasteiger partial charge in [0.2, 0.25) is 5.88 Å². The van der Waals surface area contributed by atoms with Gasteiger partial charge in [0, 0.05) is 18.2 Å². The van der Waals surface area contributed by atoms with Crippen molar-refractivity contribution in [1.82, 2.24) is 10.3 Å². The maximum Gasteiger partial charge on any atom is 0.214 e. The Balaban J connectivity index is 0.000000845. The third-order valence-electron chi connectivity index (χ3n) is 2.02. The summed E-state index contributed by atoms with van der Waals surface area (Å²) in [6.07, 6.45) is 0.772. The van der Waals surface area contributed by atoms with Gasteiger partial charge in [-0.2, -0.15) is 0 Å². The summed E-state index contributed by atoms with van der Waals surface area (Å²) in [6.45, 7) is 1.48. The molecule has 0 saturated heterocycles. The first-order chi connectivity index (χ1) is 5.77. The Morgan fingerprint density at radius 1 is 1.38 bits per heavy atom. The molecule has 0 amide bonds. The third-order valence-corrected chi connectivity index (χ3v) is 2.02. The number of hydrogen-bond donors (Lipinski definition) is 3. The maximum atomic E-state index is 9.41. The van der Waals surface area contributed by atoms with Crippen LogP contribution in [0.4, 0.5) is 0 Å². The van der Waals surface area contributed by atoms with E-state index in [-0.39, 0.29) is 24.0 Å². The third kappa shape index (κ3) is 1.84. The zero-order valence-corrected chi connectivity index (χ0v) is 7.77. The topological polar surface area (TPSA) is 65.4 Å². The Kier molecular flexibility index (Phi) is 2.95. The van der Waals surface area contributed by atoms with Crippen LogP contribution in [-0.4, -0.2) is 21.7 Å². The zero-order chi connectivity index (χ0) is 8.55. The van der Waals surface area contributed by atoms with Crippen LogP contribution in [0, 0.1) is 0 Å². The van der Waals surface area contributed by atoms with Crippen molar-refractivity contribution in [3.8, 4) is 11.6 Å². The van der Waals surface area contributed by atoms with E-state index >= 15 is 0 Å². The highest BCUT2D eigenvalue weighted by molar-refractivity contribution is 5.85. The number of rotatable bonds is 0. The summed E-state index contributed by atoms with van der Waals surface area (Å²) in [6, 6.07) is 1.28. The standard InChI is InChI=1S/C8H10N2O2.ClH/c11-7-3-8(12)10-6-4-9-2-1-5(6)7;/h3,9H,1-2,4H2,(H2,10,11,12);1H. The second kappa shape index (κ2) is 3.81. The molecule has 72 valence electrons. The van der Waals surface area contributed by atoms with Crippen LogP contribution in [0.1, 0.15) is 11.3 Å². The number of nitrogens with zero attached hydrogens (tertiary/aromatic N) is 1. The van der Waals surface area contributed by atoms with Crippen LogP contribution >= 0.6 is 12.4 Å². The van der Waals surface area contributed by atoms with Crippen LogP contribution in [0.5, 0.6) is 11.6 Å². The van der Waals surface area contributed by atoms with E-state index in [0.717, 1.165) is 24.2 Å². The minimum Gasteiger partial charge on any atom is -0.507 e. The van der Waals surface area contributed by atoms with Crippen molar-refractivity contribution < 1.29 is 10.2 Å². The van der Waals surface area contributed by atoms with Crippen molar-refractivity contribution in [2.75, 3.05) is 6.54 Å². The molecule has 0 unspecified atom stereocenters. The first-order valence-electron chi connectivity index (χ1n) is 3.89. The molecule has 0 aromatic carbocycles. The predicted octanol–water partition coefficient (Wildman–Crippen LogP) is 0.560. The largest absolute Gasteiger partial charge is 0.507 e. The van der Waals surface area contributed by atoms with E-state index in [1.54, 1.807) is 0 Å². The van der Waals surface area contributed by atoms with E-state index < -0.39 is 0 Å². The number of nitrogens with one attached hydrogen (secondary N) is 1. The summed E-state index contributed by atoms with van der Waals surface area (Å²) in [5.41, 5.74) is 1.60. The molecule has 0 bridgehead atoms. The van der Waals surface area contributed by atoms with Gasteiger partial charge in [-0.1, -0.05) is 0 Å². The molecule has 5 heteroatoms. The van der Waals surface area contributed by atoms with Crippen molar-refractivity contribution in [2.45, 2.75) is 13.0 Å². The summed E-state index contributed by atoms with van der Waals surface area (Å²) in [4.78, 5) is 3.91. The van der Waals surface area contributed by atoms with Gasteiger partial charge in [0.15, 0.2) is 0 Å². The van der Waals surface area contributed by atoms with Crippen LogP contribution in [0.15, 0.2) is 6.07 Å². The van der Waals surface area contributed by atoms with Gasteiger partial charge in [0.25, 0.3) is 0 Å². The van der Waals surface area contributed by atoms with Gasteiger partial charge in [0.1, 0.15) is 5.75 Å². The molecular formula is C8H11ClN2O2. The lowest BCUT2D eigenvalue weighted by molar-refractivity contribution is 0.421. The van der Waals surface area contributed by atoms with Crippen molar-refractivity contribution in [3.63, 3.8) is 0 Å². The van der Waals surface area contributed by atoms with Crippen LogP contribution < -0.4 is 5.32 Å². The fourth-order valence-electron chi connectivity index (χ4n) is 1.43. The molecule has 0 aliphatic carbocycles. The van der Waals surface area contributed by atoms with E-state index in [1.807, 2.05) is 0 Å². The van der Waals surface area contributed by atoms with Crippen molar-refractivity contribution in [2.24, 2.45) is 0 Å². The molecule has 0 radical (unpaired) electrons. The Labute approximate surface area is 82.0 Å². The normalized spacial score (nSPS) is 14.5. The Morgan fingerprint density at radius 3 is 2.92 bits per heavy atom. The fourth-order valence-corrected chi connectivity index (χ4v) is 1.43. The highest BCUT2D eigenvalue weighted by Gasteiger charge is 2.14. The zero-order valence-electron chi connectivity index (χ0n) is 6.95. The molecule has 13 heavy (non-hydrogen) atoms. The van der Waals surface area contributed by atoms with Gasteiger partial charge < -0.3 is 15.5 Å². The Hall–Kier alpha value is -1.00. The summed E-state index contributed by atoms with van der Waals surface area (Å²) < 4.78 is 0. The molecule has 1 aliphatic heterocycles. The predicted molar refractivity (Wildman–Crippen MR) is 50.2 cm³/mol. The fraction of sp³-hybridized carbons (Fsp3) is 0.375. The minimum absolute atomic E-state index is 0. The van der Waals surface area contributed by atoms with E-state index in [2.05, 4.69) is 10.3 Å². The lowest BCUT2D eigenvalue weighted by Crippen LogP contribution is -2.24. The van der Waals surface area contributed by atoms with Gasteiger partial charge >= 0.3 is 0 Å². The maximum absolute atomic E-state index is 9.41. The van der Waals surface area contributed by atoms with Gasteiger partial charge in [-0.3, -0.25) is 0 Å². The monoisotopic (exact) mass is 202 g/mol. The molecule has 2 heterocycles. The van der Waals surface area contributed by atoms with Crippen LogP contribution in [-0.2, 0) is 13.0 Å². The van der Waals surface area contributed by atoms with E-state index in [1.165, 1.54) is 6.07 Å². The number of pyridine rings is 1. The van der Waals surface area contributed by atoms with E-state index in [4.69, 9.17) is 5.11 Å². The molecular weight excluding hydrogens is 192 g/mol. The second-order valence-electron chi connectivity index (χ2n) is 2.85. The van der Waals surface area contributed by atoms with Crippen molar-refractivity contribution >= 4 is 12.4 Å². The smallest absolute Gasteiger partial charge is 0.214 e. The lowest BCUT2D eigenvalue weighted by atomic mass is 10.1. The van der Waals surface area contributed by atoms with Gasteiger partial charge in [-0.25, -0.2) is 4.98 Å².